The number of aryl methyl sites for hydroxylation is 4. The van der Waals surface area contributed by atoms with E-state index in [0.717, 1.165) is 17.8 Å². The third-order valence-corrected chi connectivity index (χ3v) is 8.85. The van der Waals surface area contributed by atoms with Crippen LogP contribution in [0.5, 0.6) is 0 Å². The molecule has 0 bridgehead atoms. The summed E-state index contributed by atoms with van der Waals surface area (Å²) < 4.78 is 0. The average Bonchev–Trinajstić information content (AvgIpc) is 3.05. The maximum Gasteiger partial charge on any atom is 0.0579 e. The normalized spacial score (nSPS) is 15.4. The van der Waals surface area contributed by atoms with Crippen molar-refractivity contribution in [1.29, 1.82) is 0 Å². The minimum Gasteiger partial charge on any atom is -0.313 e. The van der Waals surface area contributed by atoms with Crippen LogP contribution in [0.2, 0.25) is 0 Å². The molecule has 2 heteroatoms. The van der Waals surface area contributed by atoms with Gasteiger partial charge in [0.2, 0.25) is 0 Å². The van der Waals surface area contributed by atoms with E-state index >= 15 is 0 Å². The van der Waals surface area contributed by atoms with E-state index in [2.05, 4.69) is 177 Å². The summed E-state index contributed by atoms with van der Waals surface area (Å²) in [6, 6.07) is 44.8. The molecular weight excluding hydrogens is 532 g/mol. The van der Waals surface area contributed by atoms with Gasteiger partial charge in [-0.15, -0.1) is 0 Å². The standard InChI is InChI=1S/C42H38N2/c1-29-13-21-33(22-14-29)43(34-23-15-30(2)16-24-34)41-37-9-5-7-11-39(37)42(40-12-8-6-10-38(40)41)44(35-25-17-31(3)18-26-35)36-27-19-32(4)20-28-36/h5-11,13-28,40H,12H2,1-4H3. The van der Waals surface area contributed by atoms with Gasteiger partial charge in [-0.05, 0) is 88.2 Å². The molecule has 0 aliphatic heterocycles. The number of hydrogen-bond acceptors (Lipinski definition) is 2. The second-order valence-corrected chi connectivity index (χ2v) is 12.1. The van der Waals surface area contributed by atoms with E-state index in [1.54, 1.807) is 0 Å². The first-order valence-electron chi connectivity index (χ1n) is 15.6. The van der Waals surface area contributed by atoms with Crippen molar-refractivity contribution in [1.82, 2.24) is 0 Å². The van der Waals surface area contributed by atoms with Crippen molar-refractivity contribution in [2.24, 2.45) is 5.92 Å². The monoisotopic (exact) mass is 570 g/mol. The molecule has 2 aliphatic rings. The molecule has 216 valence electrons. The number of hydrogen-bond donors (Lipinski definition) is 0. The van der Waals surface area contributed by atoms with Gasteiger partial charge >= 0.3 is 0 Å². The topological polar surface area (TPSA) is 6.48 Å². The van der Waals surface area contributed by atoms with Crippen LogP contribution in [0, 0.1) is 33.6 Å². The summed E-state index contributed by atoms with van der Waals surface area (Å²) >= 11 is 0. The summed E-state index contributed by atoms with van der Waals surface area (Å²) in [7, 11) is 0. The minimum absolute atomic E-state index is 0.172. The van der Waals surface area contributed by atoms with E-state index in [0.29, 0.717) is 0 Å². The molecule has 5 aromatic rings. The molecule has 44 heavy (non-hydrogen) atoms. The first-order chi connectivity index (χ1) is 21.5. The maximum atomic E-state index is 2.49. The number of rotatable bonds is 6. The Kier molecular flexibility index (Phi) is 7.28. The fraction of sp³-hybridized carbons (Fsp3) is 0.143. The molecule has 0 heterocycles. The summed E-state index contributed by atoms with van der Waals surface area (Å²) in [5.41, 5.74) is 13.6. The lowest BCUT2D eigenvalue weighted by Gasteiger charge is -2.40. The molecule has 0 fully saturated rings. The number of nitrogens with zero attached hydrogens (tertiary/aromatic N) is 2. The largest absolute Gasteiger partial charge is 0.313 e. The Morgan fingerprint density at radius 2 is 0.886 bits per heavy atom. The second kappa shape index (κ2) is 11.5. The molecule has 0 aromatic heterocycles. The summed E-state index contributed by atoms with van der Waals surface area (Å²) in [6.45, 7) is 8.61. The Morgan fingerprint density at radius 1 is 0.477 bits per heavy atom. The third kappa shape index (κ3) is 5.07. The van der Waals surface area contributed by atoms with Gasteiger partial charge in [-0.25, -0.2) is 0 Å². The van der Waals surface area contributed by atoms with Gasteiger partial charge < -0.3 is 9.80 Å². The van der Waals surface area contributed by atoms with E-state index in [4.69, 9.17) is 0 Å². The molecule has 2 nitrogen and oxygen atoms in total. The van der Waals surface area contributed by atoms with Crippen molar-refractivity contribution in [2.75, 3.05) is 9.80 Å². The molecule has 5 aromatic carbocycles. The molecule has 7 rings (SSSR count). The molecule has 1 unspecified atom stereocenters. The second-order valence-electron chi connectivity index (χ2n) is 12.1. The van der Waals surface area contributed by atoms with Crippen molar-refractivity contribution in [2.45, 2.75) is 34.1 Å². The zero-order chi connectivity index (χ0) is 30.2. The minimum atomic E-state index is 0.172. The Balaban J connectivity index is 1.59. The van der Waals surface area contributed by atoms with Crippen molar-refractivity contribution in [3.63, 3.8) is 0 Å². The van der Waals surface area contributed by atoms with E-state index < -0.39 is 0 Å². The van der Waals surface area contributed by atoms with Crippen LogP contribution in [0.4, 0.5) is 22.7 Å². The summed E-state index contributed by atoms with van der Waals surface area (Å²) in [4.78, 5) is 4.96. The predicted octanol–water partition coefficient (Wildman–Crippen LogP) is 9.33. The molecule has 2 aliphatic carbocycles. The van der Waals surface area contributed by atoms with E-state index in [9.17, 15) is 0 Å². The first-order valence-corrected chi connectivity index (χ1v) is 15.6. The molecule has 0 saturated carbocycles. The lowest BCUT2D eigenvalue weighted by Crippen LogP contribution is -2.45. The lowest BCUT2D eigenvalue weighted by molar-refractivity contribution is 0.772. The fourth-order valence-electron chi connectivity index (χ4n) is 6.52. The Morgan fingerprint density at radius 3 is 1.34 bits per heavy atom. The van der Waals surface area contributed by atoms with Crippen LogP contribution in [0.3, 0.4) is 0 Å². The fourth-order valence-corrected chi connectivity index (χ4v) is 6.52. The molecule has 1 atom stereocenters. The zero-order valence-electron chi connectivity index (χ0n) is 26.0. The van der Waals surface area contributed by atoms with Crippen molar-refractivity contribution >= 4 is 34.1 Å². The quantitative estimate of drug-likeness (QED) is 0.201. The highest BCUT2D eigenvalue weighted by molar-refractivity contribution is 5.94. The highest BCUT2D eigenvalue weighted by Crippen LogP contribution is 2.45. The Hall–Kier alpha value is -5.08. The van der Waals surface area contributed by atoms with Crippen LogP contribution in [-0.2, 0) is 0 Å². The van der Waals surface area contributed by atoms with Gasteiger partial charge in [-0.2, -0.15) is 0 Å². The van der Waals surface area contributed by atoms with Gasteiger partial charge in [-0.3, -0.25) is 0 Å². The number of allylic oxidation sites excluding steroid dienone is 3. The maximum absolute atomic E-state index is 2.49. The zero-order valence-corrected chi connectivity index (χ0v) is 26.0. The van der Waals surface area contributed by atoms with Crippen molar-refractivity contribution in [3.05, 3.63) is 178 Å². The molecule has 0 radical (unpaired) electrons. The van der Waals surface area contributed by atoms with Gasteiger partial charge in [0.1, 0.15) is 0 Å². The Bertz CT molecular complexity index is 1900. The molecular formula is C42H38N2. The molecule has 0 spiro atoms. The van der Waals surface area contributed by atoms with Gasteiger partial charge in [0, 0.05) is 44.8 Å². The van der Waals surface area contributed by atoms with Gasteiger partial charge in [0.05, 0.1) is 5.70 Å². The average molecular weight is 571 g/mol. The van der Waals surface area contributed by atoms with Gasteiger partial charge in [0.25, 0.3) is 0 Å². The highest BCUT2D eigenvalue weighted by atomic mass is 15.2. The predicted molar refractivity (Wildman–Crippen MR) is 187 cm³/mol. The van der Waals surface area contributed by atoms with Crippen LogP contribution in [-0.4, -0.2) is 0 Å². The van der Waals surface area contributed by atoms with E-state index in [1.165, 1.54) is 61.0 Å². The number of anilines is 4. The van der Waals surface area contributed by atoms with Crippen LogP contribution >= 0.6 is 0 Å². The van der Waals surface area contributed by atoms with Gasteiger partial charge in [0.15, 0.2) is 0 Å². The van der Waals surface area contributed by atoms with Gasteiger partial charge in [-0.1, -0.05) is 113 Å². The SMILES string of the molecule is Cc1ccc(N(C2=c3ccccc3=C(N(c3ccc(C)cc3)c3ccc(C)cc3)C3CC=CC=C23)c2ccc(C)cc2)cc1. The molecule has 0 amide bonds. The molecule has 0 N–H and O–H groups in total. The van der Waals surface area contributed by atoms with E-state index in [1.807, 2.05) is 0 Å². The summed E-state index contributed by atoms with van der Waals surface area (Å²) in [6.07, 6.45) is 7.84. The van der Waals surface area contributed by atoms with Crippen LogP contribution in [0.25, 0.3) is 11.4 Å². The van der Waals surface area contributed by atoms with Crippen LogP contribution in [0.1, 0.15) is 28.7 Å². The third-order valence-electron chi connectivity index (χ3n) is 8.85. The van der Waals surface area contributed by atoms with Crippen LogP contribution in [0.15, 0.2) is 145 Å². The molecule has 0 saturated heterocycles. The van der Waals surface area contributed by atoms with E-state index in [-0.39, 0.29) is 5.92 Å². The van der Waals surface area contributed by atoms with Crippen molar-refractivity contribution < 1.29 is 0 Å². The smallest absolute Gasteiger partial charge is 0.0579 e. The number of benzene rings is 5. The van der Waals surface area contributed by atoms with Crippen molar-refractivity contribution in [3.8, 4) is 0 Å². The Labute approximate surface area is 261 Å². The number of fused-ring (bicyclic) bond motifs is 2. The van der Waals surface area contributed by atoms with Crippen LogP contribution < -0.4 is 20.2 Å². The summed E-state index contributed by atoms with van der Waals surface area (Å²) in [5.74, 6) is 0.172. The first kappa shape index (κ1) is 27.7. The lowest BCUT2D eigenvalue weighted by atomic mass is 9.80. The summed E-state index contributed by atoms with van der Waals surface area (Å²) in [5, 5.41) is 2.51. The highest BCUT2D eigenvalue weighted by Gasteiger charge is 2.35.